The quantitative estimate of drug-likeness (QED) is 0.830. The number of aromatic nitrogens is 4. The minimum atomic E-state index is -2.47. The van der Waals surface area contributed by atoms with Gasteiger partial charge in [-0.25, -0.2) is 18.7 Å². The molecule has 0 aliphatic carbocycles. The van der Waals surface area contributed by atoms with Crippen LogP contribution in [0.4, 0.5) is 14.6 Å². The Morgan fingerprint density at radius 1 is 1.50 bits per heavy atom. The molecule has 18 heavy (non-hydrogen) atoms. The van der Waals surface area contributed by atoms with Crippen LogP contribution >= 0.6 is 15.9 Å². The third-order valence-corrected chi connectivity index (χ3v) is 2.65. The van der Waals surface area contributed by atoms with Crippen LogP contribution in [0.1, 0.15) is 0 Å². The van der Waals surface area contributed by atoms with Crippen LogP contribution in [-0.4, -0.2) is 44.7 Å². The number of anilines is 1. The number of fused-ring (bicyclic) bond motifs is 1. The highest BCUT2D eigenvalue weighted by molar-refractivity contribution is 9.09. The van der Waals surface area contributed by atoms with Crippen LogP contribution in [0.3, 0.4) is 0 Å². The first-order valence-corrected chi connectivity index (χ1v) is 6.27. The highest BCUT2D eigenvalue weighted by atomic mass is 79.9. The average Bonchev–Trinajstić information content (AvgIpc) is 2.70. The van der Waals surface area contributed by atoms with Gasteiger partial charge in [0.05, 0.1) is 6.54 Å². The molecule has 9 heteroatoms. The first-order chi connectivity index (χ1) is 8.61. The number of aromatic amines is 1. The summed E-state index contributed by atoms with van der Waals surface area (Å²) in [5.74, 6) is 0.311. The van der Waals surface area contributed by atoms with Crippen molar-refractivity contribution < 1.29 is 8.78 Å². The molecule has 1 N–H and O–H groups in total. The van der Waals surface area contributed by atoms with Gasteiger partial charge < -0.3 is 4.90 Å². The molecule has 0 amide bonds. The Kier molecular flexibility index (Phi) is 3.90. The van der Waals surface area contributed by atoms with Crippen LogP contribution in [0, 0.1) is 0 Å². The van der Waals surface area contributed by atoms with Crippen molar-refractivity contribution in [1.82, 2.24) is 19.8 Å². The molecule has 0 saturated carbocycles. The van der Waals surface area contributed by atoms with Gasteiger partial charge in [-0.15, -0.1) is 5.10 Å². The van der Waals surface area contributed by atoms with Crippen LogP contribution in [0.5, 0.6) is 0 Å². The van der Waals surface area contributed by atoms with Crippen molar-refractivity contribution in [3.63, 3.8) is 0 Å². The monoisotopic (exact) mass is 321 g/mol. The smallest absolute Gasteiger partial charge is 0.349 e. The second kappa shape index (κ2) is 5.42. The predicted octanol–water partition coefficient (Wildman–Crippen LogP) is 0.884. The SMILES string of the molecule is O=c1[nH]nc2ccc(N(CCBr)CC(F)F)nn12. The molecule has 98 valence electrons. The molecular weight excluding hydrogens is 312 g/mol. The summed E-state index contributed by atoms with van der Waals surface area (Å²) in [4.78, 5) is 12.7. The lowest BCUT2D eigenvalue weighted by Gasteiger charge is -2.21. The van der Waals surface area contributed by atoms with E-state index in [1.165, 1.54) is 4.90 Å². The van der Waals surface area contributed by atoms with Gasteiger partial charge in [0.25, 0.3) is 6.43 Å². The zero-order valence-electron chi connectivity index (χ0n) is 9.18. The Morgan fingerprint density at radius 3 is 2.94 bits per heavy atom. The van der Waals surface area contributed by atoms with E-state index in [2.05, 4.69) is 31.2 Å². The first kappa shape index (κ1) is 12.9. The minimum absolute atomic E-state index is 0.311. The molecule has 0 bridgehead atoms. The zero-order chi connectivity index (χ0) is 13.1. The molecule has 0 aliphatic heterocycles. The summed E-state index contributed by atoms with van der Waals surface area (Å²) < 4.78 is 26.0. The molecule has 0 saturated heterocycles. The highest BCUT2D eigenvalue weighted by Gasteiger charge is 2.14. The number of rotatable bonds is 5. The Hall–Kier alpha value is -1.51. The molecule has 0 radical (unpaired) electrons. The van der Waals surface area contributed by atoms with E-state index in [1.807, 2.05) is 0 Å². The van der Waals surface area contributed by atoms with Crippen molar-refractivity contribution in [3.8, 4) is 0 Å². The summed E-state index contributed by atoms with van der Waals surface area (Å²) in [6.07, 6.45) is -2.47. The molecule has 6 nitrogen and oxygen atoms in total. The lowest BCUT2D eigenvalue weighted by Crippen LogP contribution is -2.32. The third kappa shape index (κ3) is 2.66. The molecule has 0 aromatic carbocycles. The van der Waals surface area contributed by atoms with E-state index in [-0.39, 0.29) is 0 Å². The van der Waals surface area contributed by atoms with Gasteiger partial charge in [0.2, 0.25) is 0 Å². The van der Waals surface area contributed by atoms with Gasteiger partial charge in [0, 0.05) is 11.9 Å². The van der Waals surface area contributed by atoms with E-state index in [0.717, 1.165) is 4.52 Å². The summed E-state index contributed by atoms with van der Waals surface area (Å²) in [5, 5.41) is 10.5. The molecular formula is C9H10BrF2N5O. The van der Waals surface area contributed by atoms with Gasteiger partial charge in [0.15, 0.2) is 5.65 Å². The van der Waals surface area contributed by atoms with Crippen molar-refractivity contribution in [2.24, 2.45) is 0 Å². The highest BCUT2D eigenvalue weighted by Crippen LogP contribution is 2.12. The van der Waals surface area contributed by atoms with Gasteiger partial charge >= 0.3 is 5.69 Å². The van der Waals surface area contributed by atoms with E-state index in [1.54, 1.807) is 12.1 Å². The van der Waals surface area contributed by atoms with Gasteiger partial charge in [-0.1, -0.05) is 15.9 Å². The molecule has 0 unspecified atom stereocenters. The summed E-state index contributed by atoms with van der Waals surface area (Å²) in [5.41, 5.74) is -0.151. The standard InChI is InChI=1S/C9H10BrF2N5O/c10-3-4-16(5-6(11)12)8-2-1-7-13-14-9(18)17(7)15-8/h1-2,6H,3-5H2,(H,14,18). The number of nitrogens with zero attached hydrogens (tertiary/aromatic N) is 4. The molecule has 2 rings (SSSR count). The molecule has 2 aromatic rings. The number of H-pyrrole nitrogens is 1. The minimum Gasteiger partial charge on any atom is -0.349 e. The lowest BCUT2D eigenvalue weighted by atomic mass is 10.4. The van der Waals surface area contributed by atoms with Gasteiger partial charge in [-0.2, -0.15) is 9.61 Å². The van der Waals surface area contributed by atoms with E-state index >= 15 is 0 Å². The van der Waals surface area contributed by atoms with Crippen LogP contribution in [0.15, 0.2) is 16.9 Å². The fourth-order valence-corrected chi connectivity index (χ4v) is 1.96. The topological polar surface area (TPSA) is 66.3 Å². The number of nitrogens with one attached hydrogen (secondary N) is 1. The molecule has 0 aliphatic rings. The van der Waals surface area contributed by atoms with Crippen LogP contribution < -0.4 is 10.6 Å². The van der Waals surface area contributed by atoms with Crippen molar-refractivity contribution in [3.05, 3.63) is 22.6 Å². The number of hydrogen-bond acceptors (Lipinski definition) is 4. The van der Waals surface area contributed by atoms with Crippen LogP contribution in [0.25, 0.3) is 5.65 Å². The Bertz CT molecular complexity index is 584. The zero-order valence-corrected chi connectivity index (χ0v) is 10.8. The molecule has 0 atom stereocenters. The molecule has 2 aromatic heterocycles. The number of halogens is 3. The van der Waals surface area contributed by atoms with E-state index < -0.39 is 18.7 Å². The summed E-state index contributed by atoms with van der Waals surface area (Å²) in [6.45, 7) is -0.0633. The van der Waals surface area contributed by atoms with Gasteiger partial charge in [-0.3, -0.25) is 0 Å². The molecule has 0 spiro atoms. The number of alkyl halides is 3. The maximum absolute atomic E-state index is 12.5. The van der Waals surface area contributed by atoms with E-state index in [0.29, 0.717) is 23.3 Å². The summed E-state index contributed by atoms with van der Waals surface area (Å²) in [7, 11) is 0. The number of hydrogen-bond donors (Lipinski definition) is 1. The second-order valence-electron chi connectivity index (χ2n) is 3.52. The van der Waals surface area contributed by atoms with Crippen molar-refractivity contribution in [2.45, 2.75) is 6.43 Å². The fraction of sp³-hybridized carbons (Fsp3) is 0.444. The maximum Gasteiger partial charge on any atom is 0.364 e. The Labute approximate surface area is 109 Å². The van der Waals surface area contributed by atoms with E-state index in [4.69, 9.17) is 0 Å². The molecule has 2 heterocycles. The second-order valence-corrected chi connectivity index (χ2v) is 4.31. The van der Waals surface area contributed by atoms with Gasteiger partial charge in [0.1, 0.15) is 5.82 Å². The maximum atomic E-state index is 12.5. The van der Waals surface area contributed by atoms with Crippen molar-refractivity contribution in [1.29, 1.82) is 0 Å². The summed E-state index contributed by atoms with van der Waals surface area (Å²) >= 11 is 3.19. The Balaban J connectivity index is 2.36. The third-order valence-electron chi connectivity index (χ3n) is 2.30. The molecule has 0 fully saturated rings. The summed E-state index contributed by atoms with van der Waals surface area (Å²) in [6, 6.07) is 3.10. The van der Waals surface area contributed by atoms with Crippen molar-refractivity contribution >= 4 is 27.4 Å². The largest absolute Gasteiger partial charge is 0.364 e. The normalized spacial score (nSPS) is 11.3. The van der Waals surface area contributed by atoms with Gasteiger partial charge in [-0.05, 0) is 12.1 Å². The first-order valence-electron chi connectivity index (χ1n) is 5.15. The predicted molar refractivity (Wildman–Crippen MR) is 65.6 cm³/mol. The van der Waals surface area contributed by atoms with Crippen LogP contribution in [0.2, 0.25) is 0 Å². The lowest BCUT2D eigenvalue weighted by molar-refractivity contribution is 0.155. The fourth-order valence-electron chi connectivity index (χ4n) is 1.53. The average molecular weight is 322 g/mol. The van der Waals surface area contributed by atoms with E-state index in [9.17, 15) is 13.6 Å². The Morgan fingerprint density at radius 2 is 2.28 bits per heavy atom. The van der Waals surface area contributed by atoms with Crippen LogP contribution in [-0.2, 0) is 0 Å². The van der Waals surface area contributed by atoms with Crippen molar-refractivity contribution in [2.75, 3.05) is 23.3 Å².